The molecule has 0 aromatic heterocycles. The topological polar surface area (TPSA) is 83.0 Å². The molecule has 0 bridgehead atoms. The fraction of sp³-hybridized carbons (Fsp3) is 0.632. The maximum Gasteiger partial charge on any atom is 0.215 e. The second kappa shape index (κ2) is 10.6. The Morgan fingerprint density at radius 3 is 2.44 bits per heavy atom. The molecule has 27 heavy (non-hydrogen) atoms. The van der Waals surface area contributed by atoms with Gasteiger partial charge in [0, 0.05) is 40.4 Å². The molecule has 0 saturated carbocycles. The Labute approximate surface area is 163 Å². The van der Waals surface area contributed by atoms with Crippen molar-refractivity contribution in [2.75, 3.05) is 40.9 Å². The highest BCUT2D eigenvalue weighted by Crippen LogP contribution is 2.18. The summed E-state index contributed by atoms with van der Waals surface area (Å²) in [5, 5.41) is 3.37. The molecule has 1 aliphatic heterocycles. The van der Waals surface area contributed by atoms with Crippen molar-refractivity contribution in [1.82, 2.24) is 14.9 Å². The number of ether oxygens (including phenoxy) is 1. The number of guanidine groups is 1. The van der Waals surface area contributed by atoms with Gasteiger partial charge in [-0.15, -0.1) is 0 Å². The van der Waals surface area contributed by atoms with Crippen LogP contribution in [0.1, 0.15) is 30.4 Å². The molecule has 0 spiro atoms. The lowest BCUT2D eigenvalue weighted by atomic mass is 9.96. The molecule has 0 atom stereocenters. The number of nitrogens with one attached hydrogen (secondary N) is 2. The number of aliphatic imine (C=N–C) groups is 1. The summed E-state index contributed by atoms with van der Waals surface area (Å²) < 4.78 is 31.0. The van der Waals surface area contributed by atoms with Crippen LogP contribution in [0.3, 0.4) is 0 Å². The first-order valence-electron chi connectivity index (χ1n) is 9.42. The van der Waals surface area contributed by atoms with Gasteiger partial charge >= 0.3 is 0 Å². The number of hydrogen-bond acceptors (Lipinski definition) is 4. The van der Waals surface area contributed by atoms with Crippen molar-refractivity contribution in [3.05, 3.63) is 35.4 Å². The van der Waals surface area contributed by atoms with Gasteiger partial charge in [-0.25, -0.2) is 13.1 Å². The summed E-state index contributed by atoms with van der Waals surface area (Å²) in [6.07, 6.45) is 3.44. The highest BCUT2D eigenvalue weighted by atomic mass is 32.2. The van der Waals surface area contributed by atoms with Gasteiger partial charge in [0.2, 0.25) is 10.0 Å². The van der Waals surface area contributed by atoms with E-state index in [1.807, 2.05) is 24.3 Å². The quantitative estimate of drug-likeness (QED) is 0.515. The monoisotopic (exact) mass is 396 g/mol. The molecule has 0 radical (unpaired) electrons. The van der Waals surface area contributed by atoms with Crippen LogP contribution in [0.25, 0.3) is 0 Å². The van der Waals surface area contributed by atoms with Crippen molar-refractivity contribution in [3.8, 4) is 0 Å². The lowest BCUT2D eigenvalue weighted by molar-refractivity contribution is 0.0625. The van der Waals surface area contributed by atoms with Crippen molar-refractivity contribution in [1.29, 1.82) is 0 Å². The van der Waals surface area contributed by atoms with E-state index in [9.17, 15) is 8.42 Å². The molecule has 2 rings (SSSR count). The summed E-state index contributed by atoms with van der Waals surface area (Å²) >= 11 is 0. The first kappa shape index (κ1) is 21.7. The van der Waals surface area contributed by atoms with E-state index in [-0.39, 0.29) is 5.75 Å². The summed E-state index contributed by atoms with van der Waals surface area (Å²) in [5.74, 6) is 1.60. The van der Waals surface area contributed by atoms with Crippen LogP contribution in [0.2, 0.25) is 0 Å². The third-order valence-corrected chi connectivity index (χ3v) is 6.26. The van der Waals surface area contributed by atoms with Gasteiger partial charge < -0.3 is 15.0 Å². The highest BCUT2D eigenvalue weighted by Gasteiger charge is 2.15. The van der Waals surface area contributed by atoms with Crippen molar-refractivity contribution < 1.29 is 13.2 Å². The molecular formula is C19H32N4O3S. The lowest BCUT2D eigenvalue weighted by Gasteiger charge is -2.26. The van der Waals surface area contributed by atoms with Crippen LogP contribution < -0.4 is 10.0 Å². The van der Waals surface area contributed by atoms with Gasteiger partial charge in [-0.05, 0) is 43.4 Å². The molecule has 1 saturated heterocycles. The van der Waals surface area contributed by atoms with Gasteiger partial charge in [-0.3, -0.25) is 4.99 Å². The van der Waals surface area contributed by atoms with Crippen molar-refractivity contribution in [2.45, 2.75) is 31.6 Å². The van der Waals surface area contributed by atoms with Crippen LogP contribution >= 0.6 is 0 Å². The number of hydrogen-bond donors (Lipinski definition) is 2. The van der Waals surface area contributed by atoms with Crippen LogP contribution in [0.5, 0.6) is 0 Å². The van der Waals surface area contributed by atoms with Gasteiger partial charge in [0.15, 0.2) is 5.96 Å². The van der Waals surface area contributed by atoms with Crippen LogP contribution in [-0.2, 0) is 27.1 Å². The van der Waals surface area contributed by atoms with Crippen molar-refractivity contribution >= 4 is 16.0 Å². The third kappa shape index (κ3) is 7.48. The second-order valence-corrected chi connectivity index (χ2v) is 8.87. The number of sulfonamides is 1. The maximum absolute atomic E-state index is 11.6. The van der Waals surface area contributed by atoms with E-state index in [1.54, 1.807) is 7.05 Å². The molecule has 7 nitrogen and oxygen atoms in total. The fourth-order valence-corrected chi connectivity index (χ4v) is 3.90. The Bertz CT molecular complexity index is 698. The molecule has 8 heteroatoms. The molecule has 2 N–H and O–H groups in total. The van der Waals surface area contributed by atoms with Crippen molar-refractivity contribution in [3.63, 3.8) is 0 Å². The molecule has 0 unspecified atom stereocenters. The summed E-state index contributed by atoms with van der Waals surface area (Å²) in [7, 11) is 2.03. The van der Waals surface area contributed by atoms with E-state index < -0.39 is 10.0 Å². The number of benzene rings is 1. The standard InChI is InChI=1S/C19H32N4O3S/c1-20-19(23(3)11-8-16-9-12-26-13-10-16)22-14-17-4-6-18(7-5-17)15-27(24,25)21-2/h4-7,16,21H,8-15H2,1-3H3,(H,20,22). The molecule has 0 amide bonds. The Morgan fingerprint density at radius 2 is 1.85 bits per heavy atom. The zero-order chi connectivity index (χ0) is 19.7. The Balaban J connectivity index is 1.80. The van der Waals surface area contributed by atoms with E-state index >= 15 is 0 Å². The molecular weight excluding hydrogens is 364 g/mol. The maximum atomic E-state index is 11.6. The van der Waals surface area contributed by atoms with Crippen molar-refractivity contribution in [2.24, 2.45) is 10.9 Å². The van der Waals surface area contributed by atoms with Crippen LogP contribution in [0, 0.1) is 5.92 Å². The minimum Gasteiger partial charge on any atom is -0.381 e. The van der Waals surface area contributed by atoms with Gasteiger partial charge in [-0.1, -0.05) is 24.3 Å². The van der Waals surface area contributed by atoms with Gasteiger partial charge in [0.25, 0.3) is 0 Å². The van der Waals surface area contributed by atoms with Crippen LogP contribution in [-0.4, -0.2) is 60.2 Å². The number of nitrogens with zero attached hydrogens (tertiary/aromatic N) is 2. The molecule has 1 aromatic carbocycles. The molecule has 1 aromatic rings. The molecule has 1 aliphatic rings. The molecule has 1 heterocycles. The average molecular weight is 397 g/mol. The predicted octanol–water partition coefficient (Wildman–Crippen LogP) is 1.56. The average Bonchev–Trinajstić information content (AvgIpc) is 2.68. The zero-order valence-electron chi connectivity index (χ0n) is 16.6. The number of rotatable bonds is 8. The minimum absolute atomic E-state index is 0.00613. The summed E-state index contributed by atoms with van der Waals surface area (Å²) in [5.41, 5.74) is 1.85. The Hall–Kier alpha value is -1.64. The van der Waals surface area contributed by atoms with Crippen LogP contribution in [0.4, 0.5) is 0 Å². The highest BCUT2D eigenvalue weighted by molar-refractivity contribution is 7.88. The summed E-state index contributed by atoms with van der Waals surface area (Å²) in [6, 6.07) is 7.60. The van der Waals surface area contributed by atoms with E-state index in [0.717, 1.165) is 62.0 Å². The molecule has 0 aliphatic carbocycles. The van der Waals surface area contributed by atoms with E-state index in [1.165, 1.54) is 7.05 Å². The first-order chi connectivity index (χ1) is 12.9. The molecule has 1 fully saturated rings. The fourth-order valence-electron chi connectivity index (χ4n) is 3.13. The van der Waals surface area contributed by atoms with Gasteiger partial charge in [0.1, 0.15) is 0 Å². The zero-order valence-corrected chi connectivity index (χ0v) is 17.4. The normalized spacial score (nSPS) is 16.3. The summed E-state index contributed by atoms with van der Waals surface area (Å²) in [4.78, 5) is 6.52. The predicted molar refractivity (Wildman–Crippen MR) is 109 cm³/mol. The van der Waals surface area contributed by atoms with Gasteiger partial charge in [0.05, 0.1) is 5.75 Å². The van der Waals surface area contributed by atoms with E-state index in [2.05, 4.69) is 27.0 Å². The minimum atomic E-state index is -3.24. The SMILES string of the molecule is CN=C(NCc1ccc(CS(=O)(=O)NC)cc1)N(C)CCC1CCOCC1. The second-order valence-electron chi connectivity index (χ2n) is 6.95. The third-order valence-electron chi connectivity index (χ3n) is 4.93. The van der Waals surface area contributed by atoms with E-state index in [0.29, 0.717) is 6.54 Å². The lowest BCUT2D eigenvalue weighted by Crippen LogP contribution is -2.39. The molecule has 152 valence electrons. The van der Waals surface area contributed by atoms with Gasteiger partial charge in [-0.2, -0.15) is 0 Å². The van der Waals surface area contributed by atoms with E-state index in [4.69, 9.17) is 4.74 Å². The smallest absolute Gasteiger partial charge is 0.215 e. The first-order valence-corrected chi connectivity index (χ1v) is 11.1. The summed E-state index contributed by atoms with van der Waals surface area (Å²) in [6.45, 7) is 3.37. The van der Waals surface area contributed by atoms with Crippen LogP contribution in [0.15, 0.2) is 29.3 Å². The Kier molecular flexibility index (Phi) is 8.53. The Morgan fingerprint density at radius 1 is 1.22 bits per heavy atom. The largest absolute Gasteiger partial charge is 0.381 e.